The number of aromatic nitrogens is 1. The van der Waals surface area contributed by atoms with Crippen LogP contribution in [0.3, 0.4) is 0 Å². The van der Waals surface area contributed by atoms with Crippen LogP contribution >= 0.6 is 0 Å². The maximum absolute atomic E-state index is 2.54. The average molecular weight is 913 g/mol. The van der Waals surface area contributed by atoms with Gasteiger partial charge in [-0.3, -0.25) is 0 Å². The van der Waals surface area contributed by atoms with Gasteiger partial charge in [-0.2, -0.15) is 0 Å². The van der Waals surface area contributed by atoms with E-state index in [2.05, 4.69) is 276 Å². The van der Waals surface area contributed by atoms with Crippen LogP contribution in [0.5, 0.6) is 0 Å². The Balaban J connectivity index is 0.998. The predicted octanol–water partition coefficient (Wildman–Crippen LogP) is 17.6. The second-order valence-corrected chi connectivity index (χ2v) is 19.9. The third kappa shape index (κ3) is 5.03. The van der Waals surface area contributed by atoms with Gasteiger partial charge in [0.25, 0.3) is 0 Å². The average Bonchev–Trinajstić information content (AvgIpc) is 4.06. The highest BCUT2D eigenvalue weighted by atomic mass is 15.1. The summed E-state index contributed by atoms with van der Waals surface area (Å²) in [5.41, 5.74) is 21.3. The molecular weight excluding hydrogens is 869 g/mol. The number of anilines is 3. The second kappa shape index (κ2) is 14.6. The lowest BCUT2D eigenvalue weighted by Crippen LogP contribution is -2.33. The van der Waals surface area contributed by atoms with E-state index in [1.165, 1.54) is 116 Å². The van der Waals surface area contributed by atoms with E-state index in [0.29, 0.717) is 0 Å². The molecule has 0 bridgehead atoms. The maximum Gasteiger partial charge on any atom is 0.0755 e. The van der Waals surface area contributed by atoms with Crippen LogP contribution in [-0.4, -0.2) is 4.57 Å². The van der Waals surface area contributed by atoms with E-state index in [1.54, 1.807) is 0 Å². The summed E-state index contributed by atoms with van der Waals surface area (Å²) in [7, 11) is 0. The van der Waals surface area contributed by atoms with Crippen molar-refractivity contribution in [3.63, 3.8) is 0 Å². The first-order valence-electron chi connectivity index (χ1n) is 25.2. The maximum atomic E-state index is 2.54. The van der Waals surface area contributed by atoms with Crippen molar-refractivity contribution in [3.8, 4) is 27.9 Å². The zero-order valence-corrected chi connectivity index (χ0v) is 39.3. The van der Waals surface area contributed by atoms with Crippen molar-refractivity contribution in [1.82, 2.24) is 4.57 Å². The molecular formula is C70H44N2. The lowest BCUT2D eigenvalue weighted by molar-refractivity contribution is 0.748. The molecule has 0 saturated carbocycles. The van der Waals surface area contributed by atoms with Crippen LogP contribution in [0.2, 0.25) is 0 Å². The number of rotatable bonds is 5. The molecule has 2 heterocycles. The van der Waals surface area contributed by atoms with Gasteiger partial charge < -0.3 is 9.47 Å². The van der Waals surface area contributed by atoms with E-state index in [0.717, 1.165) is 17.1 Å². The van der Waals surface area contributed by atoms with E-state index in [4.69, 9.17) is 0 Å². The van der Waals surface area contributed by atoms with Gasteiger partial charge in [0.05, 0.1) is 27.6 Å². The standard InChI is InChI=1S/C70H44N2/c1-3-19-47(20-4-1)69(48-21-5-2-6-22-48)60-28-12-9-24-54(60)56-40-37-50(43-64(56)69)71(49-36-39-53-46(42-49)35-34-45-18-7-8-23-52(45)53)51-38-41-57-55-25-10-13-29-61(55)70(65(57)44-51)62-30-14-16-33-67(62)72-66-32-15-11-26-58(66)59-27-17-31-63(70)68(59)72/h1-44H. The van der Waals surface area contributed by atoms with Crippen LogP contribution in [0.4, 0.5) is 17.1 Å². The lowest BCUT2D eigenvalue weighted by atomic mass is 9.65. The summed E-state index contributed by atoms with van der Waals surface area (Å²) < 4.78 is 2.53. The van der Waals surface area contributed by atoms with Crippen molar-refractivity contribution >= 4 is 60.4 Å². The molecule has 334 valence electrons. The van der Waals surface area contributed by atoms with Gasteiger partial charge in [-0.05, 0) is 137 Å². The van der Waals surface area contributed by atoms with Crippen LogP contribution in [-0.2, 0) is 10.8 Å². The molecule has 13 aromatic rings. The summed E-state index contributed by atoms with van der Waals surface area (Å²) >= 11 is 0. The Labute approximate surface area is 418 Å². The molecule has 1 aromatic heterocycles. The van der Waals surface area contributed by atoms with Gasteiger partial charge in [0.2, 0.25) is 0 Å². The van der Waals surface area contributed by atoms with Gasteiger partial charge in [0.1, 0.15) is 0 Å². The number of benzene rings is 12. The van der Waals surface area contributed by atoms with Crippen LogP contribution in [0.15, 0.2) is 267 Å². The molecule has 2 nitrogen and oxygen atoms in total. The zero-order chi connectivity index (χ0) is 47.1. The van der Waals surface area contributed by atoms with Crippen LogP contribution in [0.1, 0.15) is 44.5 Å². The number of para-hydroxylation sites is 3. The van der Waals surface area contributed by atoms with Crippen molar-refractivity contribution in [1.29, 1.82) is 0 Å². The van der Waals surface area contributed by atoms with Gasteiger partial charge in [0.15, 0.2) is 0 Å². The third-order valence-electron chi connectivity index (χ3n) is 16.6. The van der Waals surface area contributed by atoms with Gasteiger partial charge in [0, 0.05) is 27.8 Å². The highest BCUT2D eigenvalue weighted by Crippen LogP contribution is 2.62. The van der Waals surface area contributed by atoms with E-state index >= 15 is 0 Å². The van der Waals surface area contributed by atoms with E-state index in [9.17, 15) is 0 Å². The second-order valence-electron chi connectivity index (χ2n) is 19.9. The van der Waals surface area contributed by atoms with Crippen molar-refractivity contribution < 1.29 is 0 Å². The first-order chi connectivity index (χ1) is 35.7. The number of fused-ring (bicyclic) bond motifs is 18. The molecule has 0 N–H and O–H groups in total. The Morgan fingerprint density at radius 3 is 1.49 bits per heavy atom. The van der Waals surface area contributed by atoms with Gasteiger partial charge in [-0.15, -0.1) is 0 Å². The molecule has 2 heteroatoms. The quantitative estimate of drug-likeness (QED) is 0.156. The molecule has 0 fully saturated rings. The van der Waals surface area contributed by atoms with E-state index in [1.807, 2.05) is 0 Å². The van der Waals surface area contributed by atoms with Crippen molar-refractivity contribution in [2.24, 2.45) is 0 Å². The molecule has 1 unspecified atom stereocenters. The molecule has 72 heavy (non-hydrogen) atoms. The Hall–Kier alpha value is -9.24. The number of nitrogens with zero attached hydrogens (tertiary/aromatic N) is 2. The molecule has 1 aliphatic heterocycles. The lowest BCUT2D eigenvalue weighted by Gasteiger charge is -2.40. The molecule has 2 aliphatic carbocycles. The smallest absolute Gasteiger partial charge is 0.0755 e. The summed E-state index contributed by atoms with van der Waals surface area (Å²) in [6, 6.07) is 101. The topological polar surface area (TPSA) is 8.17 Å². The predicted molar refractivity (Wildman–Crippen MR) is 299 cm³/mol. The van der Waals surface area contributed by atoms with Gasteiger partial charge >= 0.3 is 0 Å². The minimum absolute atomic E-state index is 0.551. The van der Waals surface area contributed by atoms with Crippen LogP contribution < -0.4 is 4.90 Å². The van der Waals surface area contributed by atoms with Crippen molar-refractivity contribution in [2.45, 2.75) is 10.8 Å². The minimum Gasteiger partial charge on any atom is -0.310 e. The first-order valence-corrected chi connectivity index (χ1v) is 25.2. The summed E-state index contributed by atoms with van der Waals surface area (Å²) in [4.78, 5) is 2.53. The fourth-order valence-corrected chi connectivity index (χ4v) is 13.8. The molecule has 16 rings (SSSR count). The Morgan fingerprint density at radius 1 is 0.278 bits per heavy atom. The van der Waals surface area contributed by atoms with E-state index < -0.39 is 10.8 Å². The van der Waals surface area contributed by atoms with Crippen molar-refractivity contribution in [2.75, 3.05) is 4.90 Å². The summed E-state index contributed by atoms with van der Waals surface area (Å²) in [5, 5.41) is 7.52. The molecule has 3 aliphatic rings. The van der Waals surface area contributed by atoms with Gasteiger partial charge in [-0.25, -0.2) is 0 Å². The minimum atomic E-state index is -0.592. The SMILES string of the molecule is c1ccc(C2(c3ccccc3)c3ccccc3-c3ccc(N(c4ccc5c(c4)C4(c6ccccc6-5)c5ccccc5-n5c6ccccc6c6cccc4c65)c4ccc5c(ccc6ccccc65)c4)cc32)cc1. The van der Waals surface area contributed by atoms with Crippen molar-refractivity contribution in [3.05, 3.63) is 311 Å². The summed E-state index contributed by atoms with van der Waals surface area (Å²) in [5.74, 6) is 0. The molecule has 0 radical (unpaired) electrons. The molecule has 1 atom stereocenters. The fraction of sp³-hybridized carbons (Fsp3) is 0.0286. The Morgan fingerprint density at radius 2 is 0.764 bits per heavy atom. The third-order valence-corrected chi connectivity index (χ3v) is 16.6. The Kier molecular flexibility index (Phi) is 8.05. The molecule has 0 amide bonds. The molecule has 1 spiro atoms. The molecule has 0 saturated heterocycles. The monoisotopic (exact) mass is 912 g/mol. The normalized spacial score (nSPS) is 15.4. The molecule has 12 aromatic carbocycles. The van der Waals surface area contributed by atoms with Gasteiger partial charge in [-0.1, -0.05) is 218 Å². The zero-order valence-electron chi connectivity index (χ0n) is 39.3. The van der Waals surface area contributed by atoms with E-state index in [-0.39, 0.29) is 0 Å². The van der Waals surface area contributed by atoms with Crippen LogP contribution in [0, 0.1) is 0 Å². The fourth-order valence-electron chi connectivity index (χ4n) is 13.8. The summed E-state index contributed by atoms with van der Waals surface area (Å²) in [6.07, 6.45) is 0. The summed E-state index contributed by atoms with van der Waals surface area (Å²) in [6.45, 7) is 0. The number of hydrogen-bond donors (Lipinski definition) is 0. The highest BCUT2D eigenvalue weighted by Gasteiger charge is 2.51. The Bertz CT molecular complexity index is 4370. The largest absolute Gasteiger partial charge is 0.310 e. The highest BCUT2D eigenvalue weighted by molar-refractivity contribution is 6.13. The number of hydrogen-bond acceptors (Lipinski definition) is 1. The van der Waals surface area contributed by atoms with Crippen LogP contribution in [0.25, 0.3) is 71.3 Å². The first kappa shape index (κ1) is 39.6.